The molecule has 0 saturated carbocycles. The maximum Gasteiger partial charge on any atom is 0.219 e. The molecule has 0 spiro atoms. The quantitative estimate of drug-likeness (QED) is 0.693. The normalized spacial score (nSPS) is 19.6. The summed E-state index contributed by atoms with van der Waals surface area (Å²) in [4.78, 5) is 15.2. The highest BCUT2D eigenvalue weighted by Gasteiger charge is 2.22. The fourth-order valence-electron chi connectivity index (χ4n) is 1.93. The van der Waals surface area contributed by atoms with Crippen molar-refractivity contribution in [3.8, 4) is 0 Å². The van der Waals surface area contributed by atoms with E-state index in [1.807, 2.05) is 11.9 Å². The van der Waals surface area contributed by atoms with Crippen molar-refractivity contribution in [2.24, 2.45) is 0 Å². The molecule has 1 fully saturated rings. The summed E-state index contributed by atoms with van der Waals surface area (Å²) in [6.07, 6.45) is 2.05. The van der Waals surface area contributed by atoms with Crippen LogP contribution in [0, 0.1) is 0 Å². The maximum atomic E-state index is 11.1. The van der Waals surface area contributed by atoms with Crippen LogP contribution in [0.1, 0.15) is 19.8 Å². The molecule has 0 aliphatic carbocycles. The van der Waals surface area contributed by atoms with Gasteiger partial charge < -0.3 is 14.9 Å². The van der Waals surface area contributed by atoms with Crippen LogP contribution in [0.5, 0.6) is 0 Å². The summed E-state index contributed by atoms with van der Waals surface area (Å²) >= 11 is 0. The van der Waals surface area contributed by atoms with Crippen molar-refractivity contribution >= 4 is 5.91 Å². The zero-order valence-corrected chi connectivity index (χ0v) is 9.07. The number of aliphatic hydroxyl groups excluding tert-OH is 1. The molecule has 82 valence electrons. The topological polar surface area (TPSA) is 43.8 Å². The molecule has 1 saturated heterocycles. The van der Waals surface area contributed by atoms with Gasteiger partial charge in [0.2, 0.25) is 5.91 Å². The molecule has 0 bridgehead atoms. The second-order valence-electron chi connectivity index (χ2n) is 3.93. The molecular weight excluding hydrogens is 180 g/mol. The van der Waals surface area contributed by atoms with Crippen LogP contribution >= 0.6 is 0 Å². The van der Waals surface area contributed by atoms with Crippen molar-refractivity contribution < 1.29 is 9.90 Å². The fraction of sp³-hybridized carbons (Fsp3) is 0.900. The molecule has 0 aromatic rings. The molecule has 14 heavy (non-hydrogen) atoms. The number of carbonyl (C=O) groups excluding carboxylic acids is 1. The number of hydrogen-bond donors (Lipinski definition) is 1. The Morgan fingerprint density at radius 2 is 2.07 bits per heavy atom. The lowest BCUT2D eigenvalue weighted by Gasteiger charge is -2.36. The van der Waals surface area contributed by atoms with Gasteiger partial charge in [-0.3, -0.25) is 4.79 Å². The lowest BCUT2D eigenvalue weighted by atomic mass is 10.0. The van der Waals surface area contributed by atoms with Crippen molar-refractivity contribution in [1.29, 1.82) is 0 Å². The average Bonchev–Trinajstić information content (AvgIpc) is 2.18. The van der Waals surface area contributed by atoms with Crippen LogP contribution in [0.3, 0.4) is 0 Å². The fourth-order valence-corrected chi connectivity index (χ4v) is 1.93. The van der Waals surface area contributed by atoms with Crippen molar-refractivity contribution in [3.63, 3.8) is 0 Å². The molecule has 1 rings (SSSR count). The van der Waals surface area contributed by atoms with E-state index in [4.69, 9.17) is 5.11 Å². The van der Waals surface area contributed by atoms with Crippen LogP contribution in [-0.2, 0) is 4.79 Å². The molecule has 0 aromatic heterocycles. The van der Waals surface area contributed by atoms with Crippen LogP contribution < -0.4 is 0 Å². The molecule has 4 nitrogen and oxygen atoms in total. The Morgan fingerprint density at radius 3 is 2.50 bits per heavy atom. The van der Waals surface area contributed by atoms with Crippen LogP contribution in [0.2, 0.25) is 0 Å². The third-order valence-corrected chi connectivity index (χ3v) is 3.02. The van der Waals surface area contributed by atoms with Crippen LogP contribution in [0.25, 0.3) is 0 Å². The molecule has 1 heterocycles. The third kappa shape index (κ3) is 2.96. The Hall–Kier alpha value is -0.610. The van der Waals surface area contributed by atoms with Gasteiger partial charge >= 0.3 is 0 Å². The van der Waals surface area contributed by atoms with Crippen molar-refractivity contribution in [2.45, 2.75) is 25.8 Å². The largest absolute Gasteiger partial charge is 0.395 e. The Bertz CT molecular complexity index is 189. The summed E-state index contributed by atoms with van der Waals surface area (Å²) in [5, 5.41) is 8.78. The van der Waals surface area contributed by atoms with Gasteiger partial charge in [-0.1, -0.05) is 0 Å². The molecule has 0 atom stereocenters. The van der Waals surface area contributed by atoms with E-state index < -0.39 is 0 Å². The lowest BCUT2D eigenvalue weighted by Crippen LogP contribution is -2.45. The number of amides is 1. The highest BCUT2D eigenvalue weighted by Crippen LogP contribution is 2.14. The second kappa shape index (κ2) is 5.32. The number of aliphatic hydroxyl groups is 1. The first-order chi connectivity index (χ1) is 6.65. The Kier molecular flexibility index (Phi) is 4.35. The number of rotatable bonds is 3. The summed E-state index contributed by atoms with van der Waals surface area (Å²) in [6, 6.07) is 0.391. The van der Waals surface area contributed by atoms with E-state index in [0.29, 0.717) is 6.04 Å². The van der Waals surface area contributed by atoms with E-state index in [9.17, 15) is 4.79 Å². The number of likely N-dealkylation sites (tertiary alicyclic amines) is 1. The van der Waals surface area contributed by atoms with E-state index in [1.54, 1.807) is 6.92 Å². The zero-order valence-electron chi connectivity index (χ0n) is 9.07. The van der Waals surface area contributed by atoms with Gasteiger partial charge in [0.05, 0.1) is 6.61 Å². The van der Waals surface area contributed by atoms with E-state index in [0.717, 1.165) is 32.5 Å². The average molecular weight is 200 g/mol. The zero-order chi connectivity index (χ0) is 10.6. The van der Waals surface area contributed by atoms with E-state index in [1.165, 1.54) is 0 Å². The lowest BCUT2D eigenvalue weighted by molar-refractivity contribution is -0.130. The Morgan fingerprint density at radius 1 is 1.50 bits per heavy atom. The minimum absolute atomic E-state index is 0.144. The second-order valence-corrected chi connectivity index (χ2v) is 3.93. The minimum Gasteiger partial charge on any atom is -0.395 e. The first kappa shape index (κ1) is 11.5. The summed E-state index contributed by atoms with van der Waals surface area (Å²) in [7, 11) is 1.87. The van der Waals surface area contributed by atoms with Crippen LogP contribution in [0.15, 0.2) is 0 Å². The number of hydrogen-bond acceptors (Lipinski definition) is 3. The van der Waals surface area contributed by atoms with Gasteiger partial charge in [-0.05, 0) is 12.8 Å². The Labute approximate surface area is 85.5 Å². The van der Waals surface area contributed by atoms with Gasteiger partial charge in [-0.15, -0.1) is 0 Å². The number of nitrogens with zero attached hydrogens (tertiary/aromatic N) is 2. The predicted octanol–water partition coefficient (Wildman–Crippen LogP) is -0.0786. The number of piperidine rings is 1. The van der Waals surface area contributed by atoms with Crippen LogP contribution in [0.4, 0.5) is 0 Å². The predicted molar refractivity (Wildman–Crippen MR) is 55.0 cm³/mol. The molecule has 1 amide bonds. The van der Waals surface area contributed by atoms with Gasteiger partial charge in [0, 0.05) is 39.6 Å². The first-order valence-corrected chi connectivity index (χ1v) is 5.21. The van der Waals surface area contributed by atoms with Gasteiger partial charge in [0.1, 0.15) is 0 Å². The molecule has 1 aliphatic rings. The molecule has 4 heteroatoms. The molecule has 0 aromatic carbocycles. The molecule has 0 radical (unpaired) electrons. The molecule has 1 aliphatic heterocycles. The van der Waals surface area contributed by atoms with Gasteiger partial charge in [-0.25, -0.2) is 0 Å². The molecule has 1 N–H and O–H groups in total. The van der Waals surface area contributed by atoms with Crippen molar-refractivity contribution in [1.82, 2.24) is 9.80 Å². The van der Waals surface area contributed by atoms with E-state index >= 15 is 0 Å². The Balaban J connectivity index is 2.31. The highest BCUT2D eigenvalue weighted by atomic mass is 16.3. The standard InChI is InChI=1S/C10H20N2O2/c1-9(14)11(2)10-3-5-12(6-4-10)7-8-13/h10,13H,3-8H2,1-2H3. The number of carbonyl (C=O) groups is 1. The minimum atomic E-state index is 0.144. The summed E-state index contributed by atoms with van der Waals surface area (Å²) in [5.41, 5.74) is 0. The highest BCUT2D eigenvalue weighted by molar-refractivity contribution is 5.73. The maximum absolute atomic E-state index is 11.1. The first-order valence-electron chi connectivity index (χ1n) is 5.21. The summed E-state index contributed by atoms with van der Waals surface area (Å²) in [6.45, 7) is 4.58. The van der Waals surface area contributed by atoms with Gasteiger partial charge in [-0.2, -0.15) is 0 Å². The monoisotopic (exact) mass is 200 g/mol. The van der Waals surface area contributed by atoms with E-state index in [-0.39, 0.29) is 12.5 Å². The van der Waals surface area contributed by atoms with Gasteiger partial charge in [0.25, 0.3) is 0 Å². The summed E-state index contributed by atoms with van der Waals surface area (Å²) in [5.74, 6) is 0.144. The molecule has 0 unspecified atom stereocenters. The molecular formula is C10H20N2O2. The summed E-state index contributed by atoms with van der Waals surface area (Å²) < 4.78 is 0. The van der Waals surface area contributed by atoms with Crippen molar-refractivity contribution in [2.75, 3.05) is 33.3 Å². The third-order valence-electron chi connectivity index (χ3n) is 3.02. The van der Waals surface area contributed by atoms with Crippen molar-refractivity contribution in [3.05, 3.63) is 0 Å². The smallest absolute Gasteiger partial charge is 0.219 e. The number of β-amino-alcohol motifs (C(OH)–C–C–N with tert-alkyl or cyclic N) is 1. The van der Waals surface area contributed by atoms with Gasteiger partial charge in [0.15, 0.2) is 0 Å². The van der Waals surface area contributed by atoms with Crippen LogP contribution in [-0.4, -0.2) is 60.1 Å². The SMILES string of the molecule is CC(=O)N(C)C1CCN(CCO)CC1. The van der Waals surface area contributed by atoms with E-state index in [2.05, 4.69) is 4.90 Å².